The fourth-order valence-electron chi connectivity index (χ4n) is 1.30. The van der Waals surface area contributed by atoms with Crippen molar-refractivity contribution in [3.8, 4) is 11.5 Å². The number of rotatable bonds is 6. The fourth-order valence-corrected chi connectivity index (χ4v) is 2.58. The van der Waals surface area contributed by atoms with Crippen LogP contribution < -0.4 is 14.2 Å². The maximum atomic E-state index is 12.0. The number of benzene rings is 1. The molecular weight excluding hydrogens is 258 g/mol. The van der Waals surface area contributed by atoms with Gasteiger partial charge in [-0.25, -0.2) is 13.1 Å². The van der Waals surface area contributed by atoms with Gasteiger partial charge in [0.1, 0.15) is 16.4 Å². The summed E-state index contributed by atoms with van der Waals surface area (Å²) in [7, 11) is -0.855. The normalized spacial score (nSPS) is 13.1. The molecule has 1 rings (SSSR count). The number of nitrogens with one attached hydrogen (secondary N) is 1. The minimum absolute atomic E-state index is 0.00597. The van der Waals surface area contributed by atoms with Crippen LogP contribution in [0.1, 0.15) is 6.92 Å². The highest BCUT2D eigenvalue weighted by atomic mass is 32.2. The molecule has 0 bridgehead atoms. The number of sulfonamides is 1. The average molecular weight is 275 g/mol. The van der Waals surface area contributed by atoms with Crippen molar-refractivity contribution in [2.75, 3.05) is 20.8 Å². The fraction of sp³-hybridized carbons (Fsp3) is 0.455. The summed E-state index contributed by atoms with van der Waals surface area (Å²) in [5.41, 5.74) is 0. The van der Waals surface area contributed by atoms with Gasteiger partial charge in [-0.05, 0) is 19.1 Å². The molecule has 0 fully saturated rings. The predicted molar refractivity (Wildman–Crippen MR) is 66.4 cm³/mol. The van der Waals surface area contributed by atoms with Gasteiger partial charge in [-0.1, -0.05) is 0 Å². The van der Waals surface area contributed by atoms with Gasteiger partial charge in [-0.15, -0.1) is 0 Å². The quantitative estimate of drug-likeness (QED) is 0.783. The van der Waals surface area contributed by atoms with E-state index in [2.05, 4.69) is 4.72 Å². The Morgan fingerprint density at radius 1 is 1.33 bits per heavy atom. The van der Waals surface area contributed by atoms with Crippen molar-refractivity contribution < 1.29 is 23.0 Å². The maximum Gasteiger partial charge on any atom is 0.244 e. The van der Waals surface area contributed by atoms with Crippen LogP contribution in [0.5, 0.6) is 11.5 Å². The second-order valence-corrected chi connectivity index (χ2v) is 5.45. The van der Waals surface area contributed by atoms with E-state index < -0.39 is 16.1 Å². The Balaban J connectivity index is 3.08. The van der Waals surface area contributed by atoms with Crippen LogP contribution in [0.3, 0.4) is 0 Å². The van der Waals surface area contributed by atoms with Crippen LogP contribution in [0.2, 0.25) is 0 Å². The summed E-state index contributed by atoms with van der Waals surface area (Å²) < 4.78 is 36.2. The summed E-state index contributed by atoms with van der Waals surface area (Å²) in [6, 6.07) is 4.40. The van der Waals surface area contributed by atoms with E-state index in [-0.39, 0.29) is 17.2 Å². The second kappa shape index (κ2) is 6.03. The third kappa shape index (κ3) is 3.59. The summed E-state index contributed by atoms with van der Waals surface area (Å²) in [6.45, 7) is 1.44. The molecule has 1 atom stereocenters. The smallest absolute Gasteiger partial charge is 0.244 e. The van der Waals surface area contributed by atoms with Gasteiger partial charge >= 0.3 is 0 Å². The van der Waals surface area contributed by atoms with Crippen molar-refractivity contribution in [3.63, 3.8) is 0 Å². The van der Waals surface area contributed by atoms with E-state index in [4.69, 9.17) is 14.6 Å². The Morgan fingerprint density at radius 2 is 2.00 bits per heavy atom. The molecule has 0 aliphatic rings. The van der Waals surface area contributed by atoms with Gasteiger partial charge in [0.15, 0.2) is 0 Å². The van der Waals surface area contributed by atoms with Crippen LogP contribution in [0.15, 0.2) is 23.1 Å². The topological polar surface area (TPSA) is 84.9 Å². The molecule has 1 aromatic rings. The molecule has 1 unspecified atom stereocenters. The molecular formula is C11H17NO5S. The lowest BCUT2D eigenvalue weighted by Crippen LogP contribution is -2.30. The largest absolute Gasteiger partial charge is 0.497 e. The van der Waals surface area contributed by atoms with Crippen LogP contribution in [0.25, 0.3) is 0 Å². The highest BCUT2D eigenvalue weighted by molar-refractivity contribution is 7.89. The zero-order valence-corrected chi connectivity index (χ0v) is 11.3. The highest BCUT2D eigenvalue weighted by Crippen LogP contribution is 2.28. The summed E-state index contributed by atoms with van der Waals surface area (Å²) in [5.74, 6) is 0.689. The van der Waals surface area contributed by atoms with Gasteiger partial charge < -0.3 is 14.6 Å². The van der Waals surface area contributed by atoms with Crippen LogP contribution in [0, 0.1) is 0 Å². The number of aliphatic hydroxyl groups is 1. The van der Waals surface area contributed by atoms with E-state index in [0.717, 1.165) is 0 Å². The highest BCUT2D eigenvalue weighted by Gasteiger charge is 2.20. The molecule has 0 aromatic heterocycles. The molecule has 0 saturated carbocycles. The zero-order chi connectivity index (χ0) is 13.8. The van der Waals surface area contributed by atoms with E-state index in [1.54, 1.807) is 0 Å². The van der Waals surface area contributed by atoms with Crippen molar-refractivity contribution in [1.29, 1.82) is 0 Å². The van der Waals surface area contributed by atoms with Crippen LogP contribution >= 0.6 is 0 Å². The van der Waals surface area contributed by atoms with Crippen LogP contribution in [0.4, 0.5) is 0 Å². The Labute approximate surface area is 107 Å². The molecule has 0 spiro atoms. The van der Waals surface area contributed by atoms with Crippen molar-refractivity contribution >= 4 is 10.0 Å². The molecule has 7 heteroatoms. The molecule has 6 nitrogen and oxygen atoms in total. The second-order valence-electron chi connectivity index (χ2n) is 3.72. The Bertz CT molecular complexity index is 498. The van der Waals surface area contributed by atoms with E-state index >= 15 is 0 Å². The average Bonchev–Trinajstić information content (AvgIpc) is 2.35. The standard InChI is InChI=1S/C11H17NO5S/c1-8(13)7-12-18(14,15)11-5-4-9(16-2)6-10(11)17-3/h4-6,8,12-13H,7H2,1-3H3. The van der Waals surface area contributed by atoms with Crippen molar-refractivity contribution in [2.45, 2.75) is 17.9 Å². The first-order valence-corrected chi connectivity index (χ1v) is 6.78. The van der Waals surface area contributed by atoms with Crippen LogP contribution in [-0.4, -0.2) is 40.4 Å². The number of aliphatic hydroxyl groups excluding tert-OH is 1. The summed E-state index contributed by atoms with van der Waals surface area (Å²) in [6.07, 6.45) is -0.760. The van der Waals surface area contributed by atoms with Gasteiger partial charge in [0.2, 0.25) is 10.0 Å². The third-order valence-electron chi connectivity index (χ3n) is 2.23. The van der Waals surface area contributed by atoms with Crippen molar-refractivity contribution in [1.82, 2.24) is 4.72 Å². The lowest BCUT2D eigenvalue weighted by atomic mass is 10.3. The first-order chi connectivity index (χ1) is 8.40. The number of hydrogen-bond donors (Lipinski definition) is 2. The van der Waals surface area contributed by atoms with Crippen molar-refractivity contribution in [3.05, 3.63) is 18.2 Å². The lowest BCUT2D eigenvalue weighted by molar-refractivity contribution is 0.198. The van der Waals surface area contributed by atoms with E-state index in [1.165, 1.54) is 39.3 Å². The zero-order valence-electron chi connectivity index (χ0n) is 10.5. The Kier molecular flexibility index (Phi) is 4.94. The van der Waals surface area contributed by atoms with E-state index in [1.807, 2.05) is 0 Å². The van der Waals surface area contributed by atoms with Gasteiger partial charge in [0.05, 0.1) is 20.3 Å². The van der Waals surface area contributed by atoms with E-state index in [9.17, 15) is 8.42 Å². The summed E-state index contributed by atoms with van der Waals surface area (Å²) in [4.78, 5) is 0.00597. The van der Waals surface area contributed by atoms with Gasteiger partial charge in [-0.3, -0.25) is 0 Å². The predicted octanol–water partition coefficient (Wildman–Crippen LogP) is 0.363. The minimum Gasteiger partial charge on any atom is -0.497 e. The molecule has 0 saturated heterocycles. The maximum absolute atomic E-state index is 12.0. The number of methoxy groups -OCH3 is 2. The molecule has 1 aromatic carbocycles. The Morgan fingerprint density at radius 3 is 2.50 bits per heavy atom. The molecule has 2 N–H and O–H groups in total. The molecule has 0 heterocycles. The molecule has 0 amide bonds. The monoisotopic (exact) mass is 275 g/mol. The van der Waals surface area contributed by atoms with Gasteiger partial charge in [0.25, 0.3) is 0 Å². The summed E-state index contributed by atoms with van der Waals surface area (Å²) in [5, 5.41) is 9.09. The number of ether oxygens (including phenoxy) is 2. The Hall–Kier alpha value is -1.31. The van der Waals surface area contributed by atoms with Gasteiger partial charge in [0, 0.05) is 12.6 Å². The molecule has 102 valence electrons. The summed E-state index contributed by atoms with van der Waals surface area (Å²) >= 11 is 0. The minimum atomic E-state index is -3.71. The van der Waals surface area contributed by atoms with Gasteiger partial charge in [-0.2, -0.15) is 0 Å². The molecule has 18 heavy (non-hydrogen) atoms. The molecule has 0 radical (unpaired) electrons. The SMILES string of the molecule is COc1ccc(S(=O)(=O)NCC(C)O)c(OC)c1. The number of hydrogen-bond acceptors (Lipinski definition) is 5. The molecule has 0 aliphatic heterocycles. The lowest BCUT2D eigenvalue weighted by Gasteiger charge is -2.12. The third-order valence-corrected chi connectivity index (χ3v) is 3.69. The van der Waals surface area contributed by atoms with Crippen LogP contribution in [-0.2, 0) is 10.0 Å². The first kappa shape index (κ1) is 14.7. The van der Waals surface area contributed by atoms with Crippen molar-refractivity contribution in [2.24, 2.45) is 0 Å². The van der Waals surface area contributed by atoms with E-state index in [0.29, 0.717) is 5.75 Å². The molecule has 0 aliphatic carbocycles. The first-order valence-electron chi connectivity index (χ1n) is 5.30.